The smallest absolute Gasteiger partial charge is 0.325 e. The Morgan fingerprint density at radius 1 is 1.47 bits per heavy atom. The van der Waals surface area contributed by atoms with Crippen molar-refractivity contribution in [3.05, 3.63) is 29.8 Å². The van der Waals surface area contributed by atoms with Gasteiger partial charge in [0.1, 0.15) is 11.8 Å². The molecule has 4 heteroatoms. The maximum Gasteiger partial charge on any atom is 0.325 e. The molecule has 2 N–H and O–H groups in total. The van der Waals surface area contributed by atoms with Crippen LogP contribution in [0.2, 0.25) is 0 Å². The number of carboxylic acids is 1. The standard InChI is InChI=1S/C13H17NO3/c1-2-17-11-7-3-9(4-8-11)12(13(15)16)14-10-5-6-10/h3-4,7-8,10,12,14H,2,5-6H2,1H3,(H,15,16). The largest absolute Gasteiger partial charge is 0.494 e. The molecule has 17 heavy (non-hydrogen) atoms. The first kappa shape index (κ1) is 11.9. The highest BCUT2D eigenvalue weighted by atomic mass is 16.5. The zero-order valence-electron chi connectivity index (χ0n) is 9.85. The summed E-state index contributed by atoms with van der Waals surface area (Å²) in [6, 6.07) is 6.98. The molecule has 0 spiro atoms. The molecule has 1 aliphatic carbocycles. The van der Waals surface area contributed by atoms with E-state index < -0.39 is 12.0 Å². The Morgan fingerprint density at radius 2 is 2.12 bits per heavy atom. The van der Waals surface area contributed by atoms with Gasteiger partial charge in [-0.05, 0) is 37.5 Å². The quantitative estimate of drug-likeness (QED) is 0.791. The van der Waals surface area contributed by atoms with Gasteiger partial charge in [0.15, 0.2) is 0 Å². The molecule has 0 heterocycles. The number of hydrogen-bond donors (Lipinski definition) is 2. The number of benzene rings is 1. The van der Waals surface area contributed by atoms with E-state index in [0.717, 1.165) is 24.2 Å². The lowest BCUT2D eigenvalue weighted by Gasteiger charge is -2.14. The molecule has 1 aromatic carbocycles. The molecular weight excluding hydrogens is 218 g/mol. The van der Waals surface area contributed by atoms with Gasteiger partial charge >= 0.3 is 5.97 Å². The first-order valence-corrected chi connectivity index (χ1v) is 5.92. The van der Waals surface area contributed by atoms with Gasteiger partial charge in [-0.1, -0.05) is 12.1 Å². The summed E-state index contributed by atoms with van der Waals surface area (Å²) in [7, 11) is 0. The van der Waals surface area contributed by atoms with Crippen LogP contribution in [0.4, 0.5) is 0 Å². The Bertz CT molecular complexity index is 384. The van der Waals surface area contributed by atoms with Crippen LogP contribution < -0.4 is 10.1 Å². The molecule has 4 nitrogen and oxygen atoms in total. The van der Waals surface area contributed by atoms with Crippen LogP contribution in [0.15, 0.2) is 24.3 Å². The lowest BCUT2D eigenvalue weighted by atomic mass is 10.1. The average molecular weight is 235 g/mol. The van der Waals surface area contributed by atoms with E-state index in [-0.39, 0.29) is 0 Å². The van der Waals surface area contributed by atoms with E-state index in [1.54, 1.807) is 12.1 Å². The SMILES string of the molecule is CCOc1ccc(C(NC2CC2)C(=O)O)cc1. The molecule has 0 amide bonds. The van der Waals surface area contributed by atoms with Crippen molar-refractivity contribution in [1.82, 2.24) is 5.32 Å². The first-order chi connectivity index (χ1) is 8.20. The Morgan fingerprint density at radius 3 is 2.59 bits per heavy atom. The van der Waals surface area contributed by atoms with Crippen LogP contribution >= 0.6 is 0 Å². The zero-order chi connectivity index (χ0) is 12.3. The second-order valence-electron chi connectivity index (χ2n) is 4.21. The fourth-order valence-electron chi connectivity index (χ4n) is 1.72. The number of nitrogens with one attached hydrogen (secondary N) is 1. The average Bonchev–Trinajstić information content (AvgIpc) is 3.11. The van der Waals surface area contributed by atoms with Gasteiger partial charge in [0.2, 0.25) is 0 Å². The van der Waals surface area contributed by atoms with Crippen LogP contribution in [0.3, 0.4) is 0 Å². The van der Waals surface area contributed by atoms with Crippen molar-refractivity contribution < 1.29 is 14.6 Å². The molecule has 0 aliphatic heterocycles. The highest BCUT2D eigenvalue weighted by Crippen LogP contribution is 2.25. The molecule has 92 valence electrons. The van der Waals surface area contributed by atoms with Gasteiger partial charge in [-0.2, -0.15) is 0 Å². The molecule has 1 unspecified atom stereocenters. The lowest BCUT2D eigenvalue weighted by Crippen LogP contribution is -2.30. The summed E-state index contributed by atoms with van der Waals surface area (Å²) in [6.45, 7) is 2.53. The van der Waals surface area contributed by atoms with E-state index in [2.05, 4.69) is 5.32 Å². The summed E-state index contributed by atoms with van der Waals surface area (Å²) in [5, 5.41) is 12.3. The summed E-state index contributed by atoms with van der Waals surface area (Å²) in [5.41, 5.74) is 0.771. The summed E-state index contributed by atoms with van der Waals surface area (Å²) in [4.78, 5) is 11.2. The van der Waals surface area contributed by atoms with Crippen molar-refractivity contribution >= 4 is 5.97 Å². The maximum absolute atomic E-state index is 11.2. The second-order valence-corrected chi connectivity index (χ2v) is 4.21. The van der Waals surface area contributed by atoms with E-state index in [1.807, 2.05) is 19.1 Å². The number of hydrogen-bond acceptors (Lipinski definition) is 3. The topological polar surface area (TPSA) is 58.6 Å². The van der Waals surface area contributed by atoms with E-state index in [0.29, 0.717) is 12.6 Å². The van der Waals surface area contributed by atoms with E-state index >= 15 is 0 Å². The van der Waals surface area contributed by atoms with E-state index in [4.69, 9.17) is 4.74 Å². The maximum atomic E-state index is 11.2. The third-order valence-corrected chi connectivity index (χ3v) is 2.75. The van der Waals surface area contributed by atoms with Crippen molar-refractivity contribution in [1.29, 1.82) is 0 Å². The fourth-order valence-corrected chi connectivity index (χ4v) is 1.72. The number of ether oxygens (including phenoxy) is 1. The second kappa shape index (κ2) is 5.19. The monoisotopic (exact) mass is 235 g/mol. The minimum absolute atomic E-state index is 0.364. The van der Waals surface area contributed by atoms with Gasteiger partial charge in [0.05, 0.1) is 6.61 Å². The van der Waals surface area contributed by atoms with Crippen LogP contribution in [0.5, 0.6) is 5.75 Å². The number of aliphatic carboxylic acids is 1. The molecular formula is C13H17NO3. The fraction of sp³-hybridized carbons (Fsp3) is 0.462. The summed E-state index contributed by atoms with van der Waals surface area (Å²) in [5.74, 6) is -0.0622. The van der Waals surface area contributed by atoms with Crippen molar-refractivity contribution in [2.45, 2.75) is 31.8 Å². The molecule has 0 saturated heterocycles. The third kappa shape index (κ3) is 3.20. The predicted molar refractivity (Wildman–Crippen MR) is 64.1 cm³/mol. The van der Waals surface area contributed by atoms with Crippen molar-refractivity contribution in [3.8, 4) is 5.75 Å². The normalized spacial score (nSPS) is 16.5. The van der Waals surface area contributed by atoms with Gasteiger partial charge in [0.25, 0.3) is 0 Å². The molecule has 0 aromatic heterocycles. The van der Waals surface area contributed by atoms with Crippen LogP contribution in [0.1, 0.15) is 31.4 Å². The molecule has 1 atom stereocenters. The summed E-state index contributed by atoms with van der Waals surface area (Å²) >= 11 is 0. The summed E-state index contributed by atoms with van der Waals surface area (Å²) in [6.07, 6.45) is 2.14. The number of carboxylic acid groups (broad SMARTS) is 1. The van der Waals surface area contributed by atoms with Gasteiger partial charge in [0, 0.05) is 6.04 Å². The molecule has 2 rings (SSSR count). The van der Waals surface area contributed by atoms with Crippen LogP contribution in [0.25, 0.3) is 0 Å². The molecule has 1 aliphatic rings. The molecule has 1 fully saturated rings. The molecule has 1 aromatic rings. The molecule has 0 radical (unpaired) electrons. The van der Waals surface area contributed by atoms with Crippen molar-refractivity contribution in [3.63, 3.8) is 0 Å². The Hall–Kier alpha value is -1.55. The highest BCUT2D eigenvalue weighted by molar-refractivity contribution is 5.75. The van der Waals surface area contributed by atoms with Gasteiger partial charge in [-0.3, -0.25) is 10.1 Å². The molecule has 1 saturated carbocycles. The third-order valence-electron chi connectivity index (χ3n) is 2.75. The lowest BCUT2D eigenvalue weighted by molar-refractivity contribution is -0.139. The zero-order valence-corrected chi connectivity index (χ0v) is 9.85. The minimum atomic E-state index is -0.832. The number of carbonyl (C=O) groups is 1. The van der Waals surface area contributed by atoms with Gasteiger partial charge in [-0.25, -0.2) is 0 Å². The van der Waals surface area contributed by atoms with E-state index in [9.17, 15) is 9.90 Å². The Labute approximate surface area is 101 Å². The van der Waals surface area contributed by atoms with Crippen LogP contribution in [-0.2, 0) is 4.79 Å². The van der Waals surface area contributed by atoms with Crippen molar-refractivity contribution in [2.24, 2.45) is 0 Å². The highest BCUT2D eigenvalue weighted by Gasteiger charge is 2.29. The first-order valence-electron chi connectivity index (χ1n) is 5.92. The Balaban J connectivity index is 2.08. The van der Waals surface area contributed by atoms with Crippen molar-refractivity contribution in [2.75, 3.05) is 6.61 Å². The Kier molecular flexibility index (Phi) is 3.64. The molecule has 0 bridgehead atoms. The predicted octanol–water partition coefficient (Wildman–Crippen LogP) is 1.96. The van der Waals surface area contributed by atoms with Gasteiger partial charge in [-0.15, -0.1) is 0 Å². The van der Waals surface area contributed by atoms with E-state index in [1.165, 1.54) is 0 Å². The van der Waals surface area contributed by atoms with Crippen LogP contribution in [-0.4, -0.2) is 23.7 Å². The summed E-state index contributed by atoms with van der Waals surface area (Å²) < 4.78 is 5.33. The number of rotatable bonds is 6. The van der Waals surface area contributed by atoms with Gasteiger partial charge < -0.3 is 9.84 Å². The minimum Gasteiger partial charge on any atom is -0.494 e. The van der Waals surface area contributed by atoms with Crippen LogP contribution in [0, 0.1) is 0 Å².